The van der Waals surface area contributed by atoms with Gasteiger partial charge in [-0.05, 0) is 30.4 Å². The Labute approximate surface area is 131 Å². The third-order valence-corrected chi connectivity index (χ3v) is 5.00. The number of halogens is 1. The zero-order valence-electron chi connectivity index (χ0n) is 12.8. The third kappa shape index (κ3) is 2.89. The van der Waals surface area contributed by atoms with E-state index in [1.807, 2.05) is 12.1 Å². The number of alkyl halides is 1. The zero-order valence-corrected chi connectivity index (χ0v) is 13.6. The summed E-state index contributed by atoms with van der Waals surface area (Å²) in [4.78, 5) is 4.77. The lowest BCUT2D eigenvalue weighted by Crippen LogP contribution is -2.15. The molecule has 0 radical (unpaired) electrons. The van der Waals surface area contributed by atoms with Crippen LogP contribution in [-0.4, -0.2) is 22.5 Å². The van der Waals surface area contributed by atoms with Crippen LogP contribution in [0.2, 0.25) is 0 Å². The van der Waals surface area contributed by atoms with E-state index in [1.54, 1.807) is 7.11 Å². The van der Waals surface area contributed by atoms with Crippen LogP contribution in [0.5, 0.6) is 5.75 Å². The van der Waals surface area contributed by atoms with Gasteiger partial charge in [0.25, 0.3) is 0 Å². The van der Waals surface area contributed by atoms with Gasteiger partial charge in [-0.2, -0.15) is 0 Å². The van der Waals surface area contributed by atoms with E-state index in [9.17, 15) is 0 Å². The van der Waals surface area contributed by atoms with Crippen molar-refractivity contribution in [1.29, 1.82) is 0 Å². The Bertz CT molecular complexity index is 623. The molecule has 2 aromatic rings. The maximum Gasteiger partial charge on any atom is 0.121 e. The van der Waals surface area contributed by atoms with E-state index in [2.05, 4.69) is 17.6 Å². The SMILES string of the molecule is COc1ccc2nc(CCCl)n(CC3CCCC3C)c2c1. The molecule has 0 bridgehead atoms. The van der Waals surface area contributed by atoms with Crippen molar-refractivity contribution in [2.75, 3.05) is 13.0 Å². The summed E-state index contributed by atoms with van der Waals surface area (Å²) in [5.74, 6) is 4.16. The van der Waals surface area contributed by atoms with Gasteiger partial charge in [-0.25, -0.2) is 4.98 Å². The molecule has 0 spiro atoms. The number of hydrogen-bond acceptors (Lipinski definition) is 2. The molecule has 4 heteroatoms. The molecule has 1 heterocycles. The Morgan fingerprint density at radius 1 is 1.38 bits per heavy atom. The van der Waals surface area contributed by atoms with E-state index >= 15 is 0 Å². The lowest BCUT2D eigenvalue weighted by atomic mass is 9.98. The number of fused-ring (bicyclic) bond motifs is 1. The average Bonchev–Trinajstić information content (AvgIpc) is 3.04. The third-order valence-electron chi connectivity index (χ3n) is 4.81. The standard InChI is InChI=1S/C17H23ClN2O/c1-12-4-3-5-13(12)11-20-16-10-14(21-2)6-7-15(16)19-17(20)8-9-18/h6-7,10,12-13H,3-5,8-9,11H2,1-2H3. The molecule has 1 aliphatic carbocycles. The topological polar surface area (TPSA) is 27.1 Å². The Balaban J connectivity index is 2.01. The van der Waals surface area contributed by atoms with Gasteiger partial charge in [0.2, 0.25) is 0 Å². The number of methoxy groups -OCH3 is 1. The van der Waals surface area contributed by atoms with E-state index < -0.39 is 0 Å². The molecule has 0 amide bonds. The molecule has 0 aliphatic heterocycles. The highest BCUT2D eigenvalue weighted by molar-refractivity contribution is 6.17. The second-order valence-electron chi connectivity index (χ2n) is 6.10. The molecule has 3 nitrogen and oxygen atoms in total. The minimum absolute atomic E-state index is 0.612. The van der Waals surface area contributed by atoms with E-state index in [0.29, 0.717) is 5.88 Å². The molecular formula is C17H23ClN2O. The predicted molar refractivity (Wildman–Crippen MR) is 87.2 cm³/mol. The van der Waals surface area contributed by atoms with Gasteiger partial charge in [0.15, 0.2) is 0 Å². The van der Waals surface area contributed by atoms with Crippen LogP contribution in [-0.2, 0) is 13.0 Å². The Hall–Kier alpha value is -1.22. The quantitative estimate of drug-likeness (QED) is 0.772. The highest BCUT2D eigenvalue weighted by Gasteiger charge is 2.25. The summed E-state index contributed by atoms with van der Waals surface area (Å²) in [6.07, 6.45) is 4.85. The van der Waals surface area contributed by atoms with Crippen LogP contribution < -0.4 is 4.74 Å². The highest BCUT2D eigenvalue weighted by Crippen LogP contribution is 2.34. The minimum Gasteiger partial charge on any atom is -0.497 e. The molecule has 2 unspecified atom stereocenters. The molecular weight excluding hydrogens is 284 g/mol. The van der Waals surface area contributed by atoms with E-state index in [0.717, 1.165) is 41.9 Å². The molecule has 21 heavy (non-hydrogen) atoms. The summed E-state index contributed by atoms with van der Waals surface area (Å²) in [7, 11) is 1.71. The number of rotatable bonds is 5. The minimum atomic E-state index is 0.612. The molecule has 3 rings (SSSR count). The van der Waals surface area contributed by atoms with E-state index in [4.69, 9.17) is 21.3 Å². The monoisotopic (exact) mass is 306 g/mol. The summed E-state index contributed by atoms with van der Waals surface area (Å²) in [5.41, 5.74) is 2.22. The van der Waals surface area contributed by atoms with Gasteiger partial charge in [-0.15, -0.1) is 11.6 Å². The largest absolute Gasteiger partial charge is 0.497 e. The fourth-order valence-corrected chi connectivity index (χ4v) is 3.66. The molecule has 114 valence electrons. The molecule has 1 aliphatic rings. The van der Waals surface area contributed by atoms with Gasteiger partial charge < -0.3 is 9.30 Å². The molecule has 1 fully saturated rings. The first-order valence-corrected chi connectivity index (χ1v) is 8.35. The van der Waals surface area contributed by atoms with Crippen LogP contribution in [0.25, 0.3) is 11.0 Å². The Kier molecular flexibility index (Phi) is 4.39. The van der Waals surface area contributed by atoms with Crippen LogP contribution in [0.4, 0.5) is 0 Å². The summed E-state index contributed by atoms with van der Waals surface area (Å²) in [6, 6.07) is 6.11. The van der Waals surface area contributed by atoms with Crippen molar-refractivity contribution >= 4 is 22.6 Å². The number of aromatic nitrogens is 2. The van der Waals surface area contributed by atoms with Gasteiger partial charge in [0, 0.05) is 24.9 Å². The second-order valence-corrected chi connectivity index (χ2v) is 6.48. The molecule has 1 saturated carbocycles. The maximum atomic E-state index is 5.96. The van der Waals surface area contributed by atoms with Gasteiger partial charge in [0.05, 0.1) is 18.1 Å². The number of ether oxygens (including phenoxy) is 1. The van der Waals surface area contributed by atoms with Crippen molar-refractivity contribution in [1.82, 2.24) is 9.55 Å². The van der Waals surface area contributed by atoms with E-state index in [-0.39, 0.29) is 0 Å². The summed E-state index contributed by atoms with van der Waals surface area (Å²) >= 11 is 5.96. The number of imidazole rings is 1. The Morgan fingerprint density at radius 3 is 2.90 bits per heavy atom. The average molecular weight is 307 g/mol. The van der Waals surface area contributed by atoms with Crippen molar-refractivity contribution in [3.05, 3.63) is 24.0 Å². The molecule has 0 saturated heterocycles. The van der Waals surface area contributed by atoms with Crippen molar-refractivity contribution in [2.24, 2.45) is 11.8 Å². The molecule has 1 aromatic carbocycles. The van der Waals surface area contributed by atoms with Gasteiger partial charge in [-0.3, -0.25) is 0 Å². The first-order chi connectivity index (χ1) is 10.2. The number of aryl methyl sites for hydroxylation is 1. The number of nitrogens with zero attached hydrogens (tertiary/aromatic N) is 2. The lowest BCUT2D eigenvalue weighted by molar-refractivity contribution is 0.363. The van der Waals surface area contributed by atoms with Crippen molar-refractivity contribution in [3.63, 3.8) is 0 Å². The highest BCUT2D eigenvalue weighted by atomic mass is 35.5. The number of benzene rings is 1. The normalized spacial score (nSPS) is 22.0. The summed E-state index contributed by atoms with van der Waals surface area (Å²) < 4.78 is 7.74. The van der Waals surface area contributed by atoms with Crippen LogP contribution in [0.3, 0.4) is 0 Å². The van der Waals surface area contributed by atoms with Gasteiger partial charge >= 0.3 is 0 Å². The van der Waals surface area contributed by atoms with E-state index in [1.165, 1.54) is 24.8 Å². The summed E-state index contributed by atoms with van der Waals surface area (Å²) in [6.45, 7) is 3.43. The fourth-order valence-electron chi connectivity index (χ4n) is 3.49. The number of hydrogen-bond donors (Lipinski definition) is 0. The van der Waals surface area contributed by atoms with Crippen LogP contribution >= 0.6 is 11.6 Å². The Morgan fingerprint density at radius 2 is 2.24 bits per heavy atom. The smallest absolute Gasteiger partial charge is 0.121 e. The molecule has 0 N–H and O–H groups in total. The zero-order chi connectivity index (χ0) is 14.8. The van der Waals surface area contributed by atoms with Gasteiger partial charge in [-0.1, -0.05) is 19.8 Å². The van der Waals surface area contributed by atoms with Crippen LogP contribution in [0.15, 0.2) is 18.2 Å². The maximum absolute atomic E-state index is 5.96. The van der Waals surface area contributed by atoms with Crippen LogP contribution in [0, 0.1) is 11.8 Å². The van der Waals surface area contributed by atoms with Crippen molar-refractivity contribution < 1.29 is 4.74 Å². The summed E-state index contributed by atoms with van der Waals surface area (Å²) in [5, 5.41) is 0. The lowest BCUT2D eigenvalue weighted by Gasteiger charge is -2.18. The van der Waals surface area contributed by atoms with Crippen molar-refractivity contribution in [3.8, 4) is 5.75 Å². The molecule has 2 atom stereocenters. The first-order valence-electron chi connectivity index (χ1n) is 7.82. The molecule has 1 aromatic heterocycles. The van der Waals surface area contributed by atoms with Crippen molar-refractivity contribution in [2.45, 2.75) is 39.2 Å². The fraction of sp³-hybridized carbons (Fsp3) is 0.588. The predicted octanol–water partition coefficient (Wildman–Crippen LogP) is 4.26. The van der Waals surface area contributed by atoms with Gasteiger partial charge in [0.1, 0.15) is 11.6 Å². The first kappa shape index (κ1) is 14.7. The van der Waals surface area contributed by atoms with Crippen LogP contribution in [0.1, 0.15) is 32.0 Å². The second kappa shape index (κ2) is 6.27.